The van der Waals surface area contributed by atoms with Crippen LogP contribution in [-0.4, -0.2) is 31.1 Å². The number of rotatable bonds is 5. The summed E-state index contributed by atoms with van der Waals surface area (Å²) in [5, 5.41) is 17.7. The second-order valence-electron chi connectivity index (χ2n) is 7.10. The molecule has 0 unspecified atom stereocenters. The topological polar surface area (TPSA) is 88.5 Å². The van der Waals surface area contributed by atoms with Crippen LogP contribution in [-0.2, 0) is 18.5 Å². The largest absolute Gasteiger partial charge is 0.345 e. The Hall–Kier alpha value is -3.03. The van der Waals surface area contributed by atoms with Gasteiger partial charge in [-0.15, -0.1) is 5.10 Å². The highest BCUT2D eigenvalue weighted by atomic mass is 19.1. The fraction of sp³-hybridized carbons (Fsp3) is 0.333. The number of nitrogens with one attached hydrogen (secondary N) is 2. The molecule has 0 aliphatic rings. The SMILES string of the molecule is CC(C)(C)c1cc(CNC(=O)c2cn(Cc3ccccc3F)nn2)[nH]n1. The van der Waals surface area contributed by atoms with Gasteiger partial charge in [0.05, 0.1) is 30.7 Å². The van der Waals surface area contributed by atoms with Gasteiger partial charge in [-0.3, -0.25) is 9.89 Å². The molecule has 0 fully saturated rings. The van der Waals surface area contributed by atoms with Gasteiger partial charge in [0.25, 0.3) is 5.91 Å². The molecule has 8 heteroatoms. The Balaban J connectivity index is 1.60. The highest BCUT2D eigenvalue weighted by molar-refractivity contribution is 5.91. The molecule has 0 aliphatic heterocycles. The van der Waals surface area contributed by atoms with Gasteiger partial charge in [0.15, 0.2) is 5.69 Å². The minimum absolute atomic E-state index is 0.0613. The predicted octanol–water partition coefficient (Wildman–Crippen LogP) is 2.42. The highest BCUT2D eigenvalue weighted by Crippen LogP contribution is 2.20. The van der Waals surface area contributed by atoms with Gasteiger partial charge in [-0.05, 0) is 12.1 Å². The zero-order valence-corrected chi connectivity index (χ0v) is 15.0. The average molecular weight is 356 g/mol. The third kappa shape index (κ3) is 4.14. The molecule has 1 amide bonds. The normalized spacial score (nSPS) is 11.5. The predicted molar refractivity (Wildman–Crippen MR) is 94.0 cm³/mol. The van der Waals surface area contributed by atoms with Crippen LogP contribution in [0.15, 0.2) is 36.5 Å². The lowest BCUT2D eigenvalue weighted by atomic mass is 9.92. The Kier molecular flexibility index (Phi) is 4.83. The first kappa shape index (κ1) is 17.8. The molecule has 3 aromatic rings. The van der Waals surface area contributed by atoms with Crippen molar-refractivity contribution >= 4 is 5.91 Å². The van der Waals surface area contributed by atoms with Crippen LogP contribution in [0.5, 0.6) is 0 Å². The number of H-pyrrole nitrogens is 1. The van der Waals surface area contributed by atoms with E-state index in [1.807, 2.05) is 6.07 Å². The summed E-state index contributed by atoms with van der Waals surface area (Å²) in [4.78, 5) is 12.2. The van der Waals surface area contributed by atoms with E-state index in [-0.39, 0.29) is 29.4 Å². The number of aromatic amines is 1. The summed E-state index contributed by atoms with van der Waals surface area (Å²) < 4.78 is 15.1. The van der Waals surface area contributed by atoms with Crippen molar-refractivity contribution in [1.29, 1.82) is 0 Å². The molecular formula is C18H21FN6O. The molecular weight excluding hydrogens is 335 g/mol. The molecule has 2 heterocycles. The van der Waals surface area contributed by atoms with Crippen LogP contribution in [0, 0.1) is 5.82 Å². The Morgan fingerprint density at radius 1 is 1.31 bits per heavy atom. The van der Waals surface area contributed by atoms with E-state index in [1.54, 1.807) is 18.2 Å². The first-order chi connectivity index (χ1) is 12.3. The molecule has 2 aromatic heterocycles. The number of carbonyl (C=O) groups is 1. The van der Waals surface area contributed by atoms with E-state index in [0.29, 0.717) is 12.1 Å². The molecule has 0 radical (unpaired) electrons. The first-order valence-corrected chi connectivity index (χ1v) is 8.29. The minimum atomic E-state index is -0.350. The van der Waals surface area contributed by atoms with Gasteiger partial charge in [0, 0.05) is 11.0 Å². The van der Waals surface area contributed by atoms with Gasteiger partial charge in [-0.1, -0.05) is 44.2 Å². The molecule has 3 rings (SSSR count). The molecule has 1 aromatic carbocycles. The van der Waals surface area contributed by atoms with Crippen molar-refractivity contribution in [2.75, 3.05) is 0 Å². The second kappa shape index (κ2) is 7.07. The number of hydrogen-bond acceptors (Lipinski definition) is 4. The fourth-order valence-electron chi connectivity index (χ4n) is 2.38. The third-order valence-corrected chi connectivity index (χ3v) is 3.90. The summed E-state index contributed by atoms with van der Waals surface area (Å²) >= 11 is 0. The molecule has 7 nitrogen and oxygen atoms in total. The van der Waals surface area contributed by atoms with Gasteiger partial charge in [-0.2, -0.15) is 5.10 Å². The number of amides is 1. The molecule has 0 spiro atoms. The average Bonchev–Trinajstić information content (AvgIpc) is 3.24. The Bertz CT molecular complexity index is 908. The third-order valence-electron chi connectivity index (χ3n) is 3.90. The van der Waals surface area contributed by atoms with E-state index in [9.17, 15) is 9.18 Å². The maximum Gasteiger partial charge on any atom is 0.273 e. The lowest BCUT2D eigenvalue weighted by Crippen LogP contribution is -2.23. The molecule has 0 aliphatic carbocycles. The van der Waals surface area contributed by atoms with Crippen LogP contribution >= 0.6 is 0 Å². The standard InChI is InChI=1S/C18H21FN6O/c1-18(2,3)16-8-13(21-23-16)9-20-17(26)15-11-25(24-22-15)10-12-6-4-5-7-14(12)19/h4-8,11H,9-10H2,1-3H3,(H,20,26)(H,21,23). The zero-order chi connectivity index (χ0) is 18.7. The van der Waals surface area contributed by atoms with E-state index in [2.05, 4.69) is 46.6 Å². The van der Waals surface area contributed by atoms with Crippen molar-refractivity contribution in [2.24, 2.45) is 0 Å². The Morgan fingerprint density at radius 3 is 2.77 bits per heavy atom. The number of hydrogen-bond donors (Lipinski definition) is 2. The van der Waals surface area contributed by atoms with Gasteiger partial charge in [0.1, 0.15) is 5.82 Å². The number of carbonyl (C=O) groups excluding carboxylic acids is 1. The first-order valence-electron chi connectivity index (χ1n) is 8.29. The van der Waals surface area contributed by atoms with Crippen molar-refractivity contribution < 1.29 is 9.18 Å². The van der Waals surface area contributed by atoms with Crippen LogP contribution in [0.4, 0.5) is 4.39 Å². The molecule has 0 bridgehead atoms. The summed E-state index contributed by atoms with van der Waals surface area (Å²) in [5.41, 5.74) is 2.33. The van der Waals surface area contributed by atoms with Crippen LogP contribution in [0.2, 0.25) is 0 Å². The van der Waals surface area contributed by atoms with Crippen LogP contribution < -0.4 is 5.32 Å². The summed E-state index contributed by atoms with van der Waals surface area (Å²) in [6.45, 7) is 6.72. The van der Waals surface area contributed by atoms with Crippen LogP contribution in [0.1, 0.15) is 48.2 Å². The van der Waals surface area contributed by atoms with E-state index >= 15 is 0 Å². The lowest BCUT2D eigenvalue weighted by Gasteiger charge is -2.13. The van der Waals surface area contributed by atoms with Crippen molar-refractivity contribution in [3.8, 4) is 0 Å². The van der Waals surface area contributed by atoms with Crippen molar-refractivity contribution in [3.05, 3.63) is 65.0 Å². The molecule has 26 heavy (non-hydrogen) atoms. The fourth-order valence-corrected chi connectivity index (χ4v) is 2.38. The number of nitrogens with zero attached hydrogens (tertiary/aromatic N) is 4. The quantitative estimate of drug-likeness (QED) is 0.735. The lowest BCUT2D eigenvalue weighted by molar-refractivity contribution is 0.0945. The van der Waals surface area contributed by atoms with E-state index in [1.165, 1.54) is 16.9 Å². The second-order valence-corrected chi connectivity index (χ2v) is 7.10. The van der Waals surface area contributed by atoms with Crippen molar-refractivity contribution in [2.45, 2.75) is 39.3 Å². The molecule has 0 saturated carbocycles. The van der Waals surface area contributed by atoms with Gasteiger partial charge >= 0.3 is 0 Å². The number of benzene rings is 1. The van der Waals surface area contributed by atoms with Crippen molar-refractivity contribution in [3.63, 3.8) is 0 Å². The van der Waals surface area contributed by atoms with E-state index in [4.69, 9.17) is 0 Å². The maximum atomic E-state index is 13.7. The summed E-state index contributed by atoms with van der Waals surface area (Å²) in [7, 11) is 0. The Labute approximate surface area is 150 Å². The molecule has 2 N–H and O–H groups in total. The van der Waals surface area contributed by atoms with Crippen LogP contribution in [0.3, 0.4) is 0 Å². The van der Waals surface area contributed by atoms with Crippen molar-refractivity contribution in [1.82, 2.24) is 30.5 Å². The van der Waals surface area contributed by atoms with Gasteiger partial charge in [-0.25, -0.2) is 9.07 Å². The monoisotopic (exact) mass is 356 g/mol. The highest BCUT2D eigenvalue weighted by Gasteiger charge is 2.18. The van der Waals surface area contributed by atoms with E-state index < -0.39 is 0 Å². The summed E-state index contributed by atoms with van der Waals surface area (Å²) in [6.07, 6.45) is 1.50. The Morgan fingerprint density at radius 2 is 2.08 bits per heavy atom. The summed E-state index contributed by atoms with van der Waals surface area (Å²) in [6, 6.07) is 8.35. The zero-order valence-electron chi connectivity index (χ0n) is 15.0. The molecule has 0 atom stereocenters. The van der Waals surface area contributed by atoms with E-state index in [0.717, 1.165) is 11.4 Å². The van der Waals surface area contributed by atoms with Gasteiger partial charge < -0.3 is 5.32 Å². The molecule has 0 saturated heterocycles. The van der Waals surface area contributed by atoms with Gasteiger partial charge in [0.2, 0.25) is 0 Å². The maximum absolute atomic E-state index is 13.7. The minimum Gasteiger partial charge on any atom is -0.345 e. The van der Waals surface area contributed by atoms with Crippen LogP contribution in [0.25, 0.3) is 0 Å². The smallest absolute Gasteiger partial charge is 0.273 e. The number of aromatic nitrogens is 5. The summed E-state index contributed by atoms with van der Waals surface area (Å²) in [5.74, 6) is -0.667. The number of halogens is 1. The molecule has 136 valence electrons.